The van der Waals surface area contributed by atoms with Crippen molar-refractivity contribution in [3.63, 3.8) is 0 Å². The monoisotopic (exact) mass is 270 g/mol. The van der Waals surface area contributed by atoms with E-state index in [4.69, 9.17) is 0 Å². The molecule has 102 valence electrons. The molecule has 0 radical (unpaired) electrons. The number of rotatable bonds is 4. The zero-order valence-corrected chi connectivity index (χ0v) is 11.1. The summed E-state index contributed by atoms with van der Waals surface area (Å²) in [7, 11) is 0. The van der Waals surface area contributed by atoms with Crippen LogP contribution in [0.25, 0.3) is 5.65 Å². The molecular weight excluding hydrogens is 255 g/mol. The second kappa shape index (κ2) is 5.28. The predicted molar refractivity (Wildman–Crippen MR) is 76.3 cm³/mol. The van der Waals surface area contributed by atoms with Gasteiger partial charge in [-0.25, -0.2) is 8.91 Å². The average Bonchev–Trinajstić information content (AvgIpc) is 2.87. The lowest BCUT2D eigenvalue weighted by molar-refractivity contribution is 0.614. The molecule has 0 fully saturated rings. The molecule has 1 unspecified atom stereocenters. The van der Waals surface area contributed by atoms with Gasteiger partial charge in [-0.3, -0.25) is 0 Å². The fraction of sp³-hybridized carbons (Fsp3) is 0.200. The van der Waals surface area contributed by atoms with Crippen LogP contribution >= 0.6 is 0 Å². The van der Waals surface area contributed by atoms with Crippen LogP contribution in [0.15, 0.2) is 48.7 Å². The van der Waals surface area contributed by atoms with Gasteiger partial charge in [-0.15, -0.1) is 5.10 Å². The Labute approximate surface area is 116 Å². The number of aromatic nitrogens is 3. The van der Waals surface area contributed by atoms with Crippen LogP contribution in [-0.4, -0.2) is 21.1 Å². The highest BCUT2D eigenvalue weighted by Crippen LogP contribution is 2.15. The van der Waals surface area contributed by atoms with Crippen LogP contribution in [0, 0.1) is 5.82 Å². The fourth-order valence-corrected chi connectivity index (χ4v) is 2.08. The average molecular weight is 270 g/mol. The molecule has 0 saturated heterocycles. The van der Waals surface area contributed by atoms with Crippen molar-refractivity contribution in [1.29, 1.82) is 0 Å². The van der Waals surface area contributed by atoms with Gasteiger partial charge in [-0.2, -0.15) is 4.98 Å². The standard InChI is InChI=1S/C15H15FN4/c1-11(12-5-3-2-4-6-12)9-17-15-18-14-8-7-13(16)10-20(14)19-15/h2-8,10-11H,9H2,1H3,(H,17,19). The van der Waals surface area contributed by atoms with Crippen molar-refractivity contribution in [2.45, 2.75) is 12.8 Å². The molecule has 2 aromatic heterocycles. The number of hydrogen-bond acceptors (Lipinski definition) is 3. The summed E-state index contributed by atoms with van der Waals surface area (Å²) in [5.41, 5.74) is 1.89. The van der Waals surface area contributed by atoms with Crippen molar-refractivity contribution < 1.29 is 4.39 Å². The Hall–Kier alpha value is -2.43. The third-order valence-electron chi connectivity index (χ3n) is 3.23. The van der Waals surface area contributed by atoms with Gasteiger partial charge in [0.1, 0.15) is 5.82 Å². The van der Waals surface area contributed by atoms with E-state index in [1.54, 1.807) is 6.07 Å². The number of anilines is 1. The molecule has 1 atom stereocenters. The van der Waals surface area contributed by atoms with Gasteiger partial charge in [0.2, 0.25) is 5.95 Å². The molecule has 1 N–H and O–H groups in total. The quantitative estimate of drug-likeness (QED) is 0.792. The second-order valence-electron chi connectivity index (χ2n) is 4.78. The van der Waals surface area contributed by atoms with E-state index in [0.29, 0.717) is 17.5 Å². The first-order chi connectivity index (χ1) is 9.72. The molecule has 0 saturated carbocycles. The minimum Gasteiger partial charge on any atom is -0.352 e. The number of nitrogens with zero attached hydrogens (tertiary/aromatic N) is 3. The minimum absolute atomic E-state index is 0.327. The molecule has 20 heavy (non-hydrogen) atoms. The van der Waals surface area contributed by atoms with Crippen molar-refractivity contribution in [3.05, 3.63) is 60.0 Å². The largest absolute Gasteiger partial charge is 0.352 e. The predicted octanol–water partition coefficient (Wildman–Crippen LogP) is 3.08. The number of fused-ring (bicyclic) bond motifs is 1. The first kappa shape index (κ1) is 12.6. The molecule has 2 heterocycles. The van der Waals surface area contributed by atoms with Crippen molar-refractivity contribution in [3.8, 4) is 0 Å². The van der Waals surface area contributed by atoms with Crippen molar-refractivity contribution in [1.82, 2.24) is 14.6 Å². The van der Waals surface area contributed by atoms with Gasteiger partial charge in [-0.1, -0.05) is 37.3 Å². The minimum atomic E-state index is -0.327. The Bertz CT molecular complexity index is 708. The second-order valence-corrected chi connectivity index (χ2v) is 4.78. The Morgan fingerprint density at radius 1 is 1.20 bits per heavy atom. The van der Waals surface area contributed by atoms with Crippen LogP contribution in [0.2, 0.25) is 0 Å². The zero-order chi connectivity index (χ0) is 13.9. The van der Waals surface area contributed by atoms with Gasteiger partial charge in [0.05, 0.1) is 6.20 Å². The van der Waals surface area contributed by atoms with Crippen LogP contribution < -0.4 is 5.32 Å². The van der Waals surface area contributed by atoms with Crippen molar-refractivity contribution in [2.24, 2.45) is 0 Å². The van der Waals surface area contributed by atoms with Gasteiger partial charge in [0, 0.05) is 6.54 Å². The number of pyridine rings is 1. The Morgan fingerprint density at radius 2 is 2.00 bits per heavy atom. The first-order valence-electron chi connectivity index (χ1n) is 6.53. The van der Waals surface area contributed by atoms with Crippen LogP contribution in [0.3, 0.4) is 0 Å². The number of hydrogen-bond donors (Lipinski definition) is 1. The fourth-order valence-electron chi connectivity index (χ4n) is 2.08. The summed E-state index contributed by atoms with van der Waals surface area (Å²) in [6, 6.07) is 13.2. The Morgan fingerprint density at radius 3 is 2.80 bits per heavy atom. The molecule has 0 aliphatic heterocycles. The summed E-state index contributed by atoms with van der Waals surface area (Å²) >= 11 is 0. The highest BCUT2D eigenvalue weighted by Gasteiger charge is 2.07. The van der Waals surface area contributed by atoms with Crippen LogP contribution in [0.4, 0.5) is 10.3 Å². The highest BCUT2D eigenvalue weighted by molar-refractivity contribution is 5.43. The summed E-state index contributed by atoms with van der Waals surface area (Å²) in [6.45, 7) is 2.86. The third kappa shape index (κ3) is 2.61. The van der Waals surface area contributed by atoms with Crippen LogP contribution in [0.1, 0.15) is 18.4 Å². The first-order valence-corrected chi connectivity index (χ1v) is 6.53. The maximum atomic E-state index is 13.1. The third-order valence-corrected chi connectivity index (χ3v) is 3.23. The number of halogens is 1. The SMILES string of the molecule is CC(CNc1nc2ccc(F)cn2n1)c1ccccc1. The van der Waals surface area contributed by atoms with E-state index < -0.39 is 0 Å². The normalized spacial score (nSPS) is 12.5. The summed E-state index contributed by atoms with van der Waals surface area (Å²) in [4.78, 5) is 4.29. The van der Waals surface area contributed by atoms with Gasteiger partial charge < -0.3 is 5.32 Å². The molecular formula is C15H15FN4. The molecule has 1 aromatic carbocycles. The molecule has 0 amide bonds. The van der Waals surface area contributed by atoms with Gasteiger partial charge >= 0.3 is 0 Å². The summed E-state index contributed by atoms with van der Waals surface area (Å²) in [6.07, 6.45) is 1.31. The molecule has 3 aromatic rings. The van der Waals surface area contributed by atoms with Crippen molar-refractivity contribution >= 4 is 11.6 Å². The highest BCUT2D eigenvalue weighted by atomic mass is 19.1. The van der Waals surface area contributed by atoms with E-state index in [-0.39, 0.29) is 5.82 Å². The molecule has 3 rings (SSSR count). The van der Waals surface area contributed by atoms with Gasteiger partial charge in [0.25, 0.3) is 0 Å². The van der Waals surface area contributed by atoms with E-state index in [1.165, 1.54) is 22.3 Å². The molecule has 4 nitrogen and oxygen atoms in total. The molecule has 5 heteroatoms. The van der Waals surface area contributed by atoms with Gasteiger partial charge in [-0.05, 0) is 23.6 Å². The maximum Gasteiger partial charge on any atom is 0.243 e. The molecule has 0 aliphatic rings. The topological polar surface area (TPSA) is 42.2 Å². The van der Waals surface area contributed by atoms with E-state index in [2.05, 4.69) is 34.5 Å². The lowest BCUT2D eigenvalue weighted by Gasteiger charge is -2.11. The summed E-state index contributed by atoms with van der Waals surface area (Å²) < 4.78 is 14.5. The van der Waals surface area contributed by atoms with Gasteiger partial charge in [0.15, 0.2) is 5.65 Å². The molecule has 0 aliphatic carbocycles. The van der Waals surface area contributed by atoms with Crippen molar-refractivity contribution in [2.75, 3.05) is 11.9 Å². The lowest BCUT2D eigenvalue weighted by atomic mass is 10.0. The van der Waals surface area contributed by atoms with E-state index in [9.17, 15) is 4.39 Å². The summed E-state index contributed by atoms with van der Waals surface area (Å²) in [5.74, 6) is 0.532. The number of nitrogens with one attached hydrogen (secondary N) is 1. The van der Waals surface area contributed by atoms with Crippen LogP contribution in [-0.2, 0) is 0 Å². The van der Waals surface area contributed by atoms with E-state index >= 15 is 0 Å². The zero-order valence-electron chi connectivity index (χ0n) is 11.1. The smallest absolute Gasteiger partial charge is 0.243 e. The number of benzene rings is 1. The Kier molecular flexibility index (Phi) is 3.33. The summed E-state index contributed by atoms with van der Waals surface area (Å²) in [5, 5.41) is 7.38. The van der Waals surface area contributed by atoms with E-state index in [0.717, 1.165) is 6.54 Å². The Balaban J connectivity index is 1.71. The maximum absolute atomic E-state index is 13.1. The molecule has 0 bridgehead atoms. The van der Waals surface area contributed by atoms with E-state index in [1.807, 2.05) is 18.2 Å². The lowest BCUT2D eigenvalue weighted by Crippen LogP contribution is -2.10. The molecule has 0 spiro atoms. The van der Waals surface area contributed by atoms with Crippen LogP contribution in [0.5, 0.6) is 0 Å².